The first kappa shape index (κ1) is 16.9. The Morgan fingerprint density at radius 1 is 1.38 bits per heavy atom. The molecule has 0 radical (unpaired) electrons. The third-order valence-electron chi connectivity index (χ3n) is 5.54. The van der Waals surface area contributed by atoms with Gasteiger partial charge in [0.15, 0.2) is 0 Å². The maximum Gasteiger partial charge on any atom is 0.337 e. The number of carbonyl (C=O) groups is 2. The average Bonchev–Trinajstić information content (AvgIpc) is 3.06. The summed E-state index contributed by atoms with van der Waals surface area (Å²) in [5.74, 6) is -1.27. The summed E-state index contributed by atoms with van der Waals surface area (Å²) >= 11 is 0. The normalized spacial score (nSPS) is 24.6. The molecule has 24 heavy (non-hydrogen) atoms. The Kier molecular flexibility index (Phi) is 4.58. The SMILES string of the molecule is CCOC1CC(NC(=O)c2ccc(C(=O)O)c(C)n2)C12CCCC2. The zero-order valence-electron chi connectivity index (χ0n) is 14.2. The summed E-state index contributed by atoms with van der Waals surface area (Å²) in [5.41, 5.74) is 0.817. The molecule has 1 heterocycles. The zero-order valence-corrected chi connectivity index (χ0v) is 14.2. The topological polar surface area (TPSA) is 88.5 Å². The lowest BCUT2D eigenvalue weighted by Gasteiger charge is -2.54. The maximum atomic E-state index is 12.5. The molecule has 2 unspecified atom stereocenters. The number of carbonyl (C=O) groups excluding carboxylic acids is 1. The first-order valence-electron chi connectivity index (χ1n) is 8.61. The number of carboxylic acid groups (broad SMARTS) is 1. The van der Waals surface area contributed by atoms with Gasteiger partial charge < -0.3 is 15.2 Å². The van der Waals surface area contributed by atoms with Crippen molar-refractivity contribution in [3.05, 3.63) is 29.1 Å². The third kappa shape index (κ3) is 2.79. The summed E-state index contributed by atoms with van der Waals surface area (Å²) in [6.07, 6.45) is 5.62. The number of carboxylic acids is 1. The van der Waals surface area contributed by atoms with Crippen molar-refractivity contribution in [3.63, 3.8) is 0 Å². The van der Waals surface area contributed by atoms with Crippen molar-refractivity contribution >= 4 is 11.9 Å². The summed E-state index contributed by atoms with van der Waals surface area (Å²) in [5, 5.41) is 12.2. The van der Waals surface area contributed by atoms with Crippen LogP contribution < -0.4 is 5.32 Å². The number of nitrogens with zero attached hydrogens (tertiary/aromatic N) is 1. The van der Waals surface area contributed by atoms with Gasteiger partial charge in [0.25, 0.3) is 5.91 Å². The molecule has 0 saturated heterocycles. The molecule has 2 aliphatic carbocycles. The van der Waals surface area contributed by atoms with Crippen LogP contribution in [0.25, 0.3) is 0 Å². The Balaban J connectivity index is 1.71. The quantitative estimate of drug-likeness (QED) is 0.865. The van der Waals surface area contributed by atoms with E-state index < -0.39 is 5.97 Å². The molecule has 2 N–H and O–H groups in total. The van der Waals surface area contributed by atoms with Crippen molar-refractivity contribution in [1.82, 2.24) is 10.3 Å². The fourth-order valence-electron chi connectivity index (χ4n) is 4.23. The Morgan fingerprint density at radius 3 is 2.67 bits per heavy atom. The van der Waals surface area contributed by atoms with Crippen LogP contribution in [0.1, 0.15) is 65.6 Å². The second-order valence-corrected chi connectivity index (χ2v) is 6.78. The number of hydrogen-bond acceptors (Lipinski definition) is 4. The smallest absolute Gasteiger partial charge is 0.337 e. The summed E-state index contributed by atoms with van der Waals surface area (Å²) in [7, 11) is 0. The highest BCUT2D eigenvalue weighted by atomic mass is 16.5. The lowest BCUT2D eigenvalue weighted by Crippen LogP contribution is -2.63. The van der Waals surface area contributed by atoms with Crippen LogP contribution in [0.2, 0.25) is 0 Å². The van der Waals surface area contributed by atoms with E-state index in [0.29, 0.717) is 12.3 Å². The van der Waals surface area contributed by atoms with Crippen LogP contribution in [-0.4, -0.2) is 40.7 Å². The standard InChI is InChI=1S/C18H24N2O4/c1-3-24-15-10-14(18(15)8-4-5-9-18)20-16(21)13-7-6-12(17(22)23)11(2)19-13/h6-7,14-15H,3-5,8-10H2,1-2H3,(H,20,21)(H,22,23). The fourth-order valence-corrected chi connectivity index (χ4v) is 4.23. The Labute approximate surface area is 141 Å². The first-order valence-corrected chi connectivity index (χ1v) is 8.61. The van der Waals surface area contributed by atoms with E-state index in [1.165, 1.54) is 25.0 Å². The van der Waals surface area contributed by atoms with Gasteiger partial charge in [-0.05, 0) is 45.2 Å². The van der Waals surface area contributed by atoms with Gasteiger partial charge in [0.05, 0.1) is 17.4 Å². The molecule has 2 fully saturated rings. The van der Waals surface area contributed by atoms with Crippen molar-refractivity contribution in [2.24, 2.45) is 5.41 Å². The van der Waals surface area contributed by atoms with Gasteiger partial charge in [0.2, 0.25) is 0 Å². The summed E-state index contributed by atoms with van der Waals surface area (Å²) in [6.45, 7) is 4.31. The lowest BCUT2D eigenvalue weighted by atomic mass is 9.60. The minimum atomic E-state index is -1.03. The molecule has 0 aromatic carbocycles. The number of amides is 1. The summed E-state index contributed by atoms with van der Waals surface area (Å²) in [6, 6.07) is 3.03. The van der Waals surface area contributed by atoms with Gasteiger partial charge in [0.1, 0.15) is 5.69 Å². The van der Waals surface area contributed by atoms with Crippen LogP contribution in [-0.2, 0) is 4.74 Å². The predicted octanol–water partition coefficient (Wildman–Crippen LogP) is 2.56. The molecule has 0 aliphatic heterocycles. The monoisotopic (exact) mass is 332 g/mol. The molecule has 2 saturated carbocycles. The second kappa shape index (κ2) is 6.51. The summed E-state index contributed by atoms with van der Waals surface area (Å²) < 4.78 is 5.86. The van der Waals surface area contributed by atoms with Crippen molar-refractivity contribution in [3.8, 4) is 0 Å². The summed E-state index contributed by atoms with van der Waals surface area (Å²) in [4.78, 5) is 27.7. The number of rotatable bonds is 5. The Bertz CT molecular complexity index is 652. The van der Waals surface area contributed by atoms with Crippen molar-refractivity contribution in [2.45, 2.75) is 58.1 Å². The molecule has 2 atom stereocenters. The van der Waals surface area contributed by atoms with Crippen LogP contribution in [0.3, 0.4) is 0 Å². The molecule has 1 amide bonds. The number of hydrogen-bond donors (Lipinski definition) is 2. The van der Waals surface area contributed by atoms with Crippen LogP contribution in [0.5, 0.6) is 0 Å². The number of aryl methyl sites for hydroxylation is 1. The highest BCUT2D eigenvalue weighted by molar-refractivity contribution is 5.94. The largest absolute Gasteiger partial charge is 0.478 e. The lowest BCUT2D eigenvalue weighted by molar-refractivity contribution is -0.127. The number of pyridine rings is 1. The molecular formula is C18H24N2O4. The van der Waals surface area contributed by atoms with Crippen LogP contribution >= 0.6 is 0 Å². The maximum absolute atomic E-state index is 12.5. The predicted molar refractivity (Wildman–Crippen MR) is 88.1 cm³/mol. The van der Waals surface area contributed by atoms with E-state index in [4.69, 9.17) is 9.84 Å². The molecule has 0 bridgehead atoms. The molecular weight excluding hydrogens is 308 g/mol. The molecule has 1 aromatic rings. The number of nitrogens with one attached hydrogen (secondary N) is 1. The van der Waals surface area contributed by atoms with Crippen LogP contribution in [0.4, 0.5) is 0 Å². The van der Waals surface area contributed by atoms with E-state index in [0.717, 1.165) is 19.3 Å². The minimum Gasteiger partial charge on any atom is -0.478 e. The number of aromatic nitrogens is 1. The molecule has 1 spiro atoms. The molecule has 6 heteroatoms. The zero-order chi connectivity index (χ0) is 17.3. The van der Waals surface area contributed by atoms with Crippen molar-refractivity contribution in [1.29, 1.82) is 0 Å². The van der Waals surface area contributed by atoms with Gasteiger partial charge in [-0.15, -0.1) is 0 Å². The minimum absolute atomic E-state index is 0.0712. The van der Waals surface area contributed by atoms with Crippen LogP contribution in [0, 0.1) is 12.3 Å². The molecule has 6 nitrogen and oxygen atoms in total. The van der Waals surface area contributed by atoms with E-state index in [1.54, 1.807) is 6.92 Å². The van der Waals surface area contributed by atoms with Gasteiger partial charge >= 0.3 is 5.97 Å². The van der Waals surface area contributed by atoms with Gasteiger partial charge in [0, 0.05) is 18.1 Å². The van der Waals surface area contributed by atoms with Crippen molar-refractivity contribution < 1.29 is 19.4 Å². The van der Waals surface area contributed by atoms with Crippen molar-refractivity contribution in [2.75, 3.05) is 6.61 Å². The van der Waals surface area contributed by atoms with Crippen LogP contribution in [0.15, 0.2) is 12.1 Å². The Morgan fingerprint density at radius 2 is 2.08 bits per heavy atom. The molecule has 130 valence electrons. The van der Waals surface area contributed by atoms with Gasteiger partial charge in [-0.3, -0.25) is 4.79 Å². The van der Waals surface area contributed by atoms with E-state index in [-0.39, 0.29) is 34.7 Å². The molecule has 3 rings (SSSR count). The number of aromatic carboxylic acids is 1. The van der Waals surface area contributed by atoms with Gasteiger partial charge in [-0.1, -0.05) is 12.8 Å². The van der Waals surface area contributed by atoms with E-state index >= 15 is 0 Å². The molecule has 1 aromatic heterocycles. The highest BCUT2D eigenvalue weighted by Gasteiger charge is 2.57. The average molecular weight is 332 g/mol. The first-order chi connectivity index (χ1) is 11.5. The second-order valence-electron chi connectivity index (χ2n) is 6.78. The fraction of sp³-hybridized carbons (Fsp3) is 0.611. The van der Waals surface area contributed by atoms with E-state index in [1.807, 2.05) is 6.92 Å². The van der Waals surface area contributed by atoms with Gasteiger partial charge in [-0.2, -0.15) is 0 Å². The van der Waals surface area contributed by atoms with Gasteiger partial charge in [-0.25, -0.2) is 9.78 Å². The molecule has 2 aliphatic rings. The Hall–Kier alpha value is -1.95. The van der Waals surface area contributed by atoms with E-state index in [9.17, 15) is 9.59 Å². The third-order valence-corrected chi connectivity index (χ3v) is 5.54. The highest BCUT2D eigenvalue weighted by Crippen LogP contribution is 2.54. The van der Waals surface area contributed by atoms with E-state index in [2.05, 4.69) is 10.3 Å². The number of ether oxygens (including phenoxy) is 1.